The van der Waals surface area contributed by atoms with Crippen LogP contribution in [0, 0.1) is 0 Å². The Hall–Kier alpha value is -1.75. The second-order valence-electron chi connectivity index (χ2n) is 3.93. The molecule has 1 aromatic rings. The summed E-state index contributed by atoms with van der Waals surface area (Å²) in [5.41, 5.74) is 6.91. The molecule has 5 N–H and O–H groups in total. The summed E-state index contributed by atoms with van der Waals surface area (Å²) in [5.74, 6) is 5.76. The first kappa shape index (κ1) is 13.3. The van der Waals surface area contributed by atoms with Crippen molar-refractivity contribution >= 4 is 17.4 Å². The van der Waals surface area contributed by atoms with Crippen LogP contribution in [0.3, 0.4) is 0 Å². The van der Waals surface area contributed by atoms with Crippen LogP contribution in [-0.4, -0.2) is 17.1 Å². The molecule has 1 rings (SSSR count). The van der Waals surface area contributed by atoms with Gasteiger partial charge < -0.3 is 11.1 Å². The first-order valence-electron chi connectivity index (χ1n) is 5.78. The normalized spacial score (nSPS) is 10.4. The predicted octanol–water partition coefficient (Wildman–Crippen LogP) is 2.17. The monoisotopic (exact) mass is 236 g/mol. The van der Waals surface area contributed by atoms with Crippen molar-refractivity contribution in [2.75, 3.05) is 11.1 Å². The van der Waals surface area contributed by atoms with E-state index >= 15 is 0 Å². The Bertz CT molecular complexity index is 359. The molecule has 0 aliphatic heterocycles. The number of hydrazine groups is 1. The molecule has 0 spiro atoms. The molecule has 0 heterocycles. The smallest absolute Gasteiger partial charge is 0.336 e. The molecular formula is C12H20N4O. The highest BCUT2D eigenvalue weighted by atomic mass is 16.2. The highest BCUT2D eigenvalue weighted by Gasteiger charge is 2.17. The highest BCUT2D eigenvalue weighted by Crippen LogP contribution is 2.12. The molecule has 0 atom stereocenters. The largest absolute Gasteiger partial charge is 0.399 e. The maximum Gasteiger partial charge on any atom is 0.336 e. The first-order valence-corrected chi connectivity index (χ1v) is 5.78. The number of carbonyl (C=O) groups excluding carboxylic acids is 1. The lowest BCUT2D eigenvalue weighted by Gasteiger charge is -2.25. The minimum absolute atomic E-state index is 0.0591. The van der Waals surface area contributed by atoms with Gasteiger partial charge in [0.05, 0.1) is 0 Å². The van der Waals surface area contributed by atoms with Gasteiger partial charge in [-0.25, -0.2) is 10.6 Å². The van der Waals surface area contributed by atoms with Gasteiger partial charge in [0.2, 0.25) is 0 Å². The molecule has 5 nitrogen and oxygen atoms in total. The fraction of sp³-hybridized carbons (Fsp3) is 0.417. The molecule has 0 aliphatic carbocycles. The van der Waals surface area contributed by atoms with Crippen molar-refractivity contribution in [2.24, 2.45) is 5.84 Å². The van der Waals surface area contributed by atoms with Crippen molar-refractivity contribution in [2.45, 2.75) is 32.7 Å². The summed E-state index contributed by atoms with van der Waals surface area (Å²) in [6, 6.07) is 6.70. The van der Waals surface area contributed by atoms with Crippen molar-refractivity contribution in [1.82, 2.24) is 5.01 Å². The van der Waals surface area contributed by atoms with Gasteiger partial charge >= 0.3 is 6.03 Å². The summed E-state index contributed by atoms with van der Waals surface area (Å²) in [4.78, 5) is 11.8. The van der Waals surface area contributed by atoms with Crippen LogP contribution in [0.2, 0.25) is 0 Å². The van der Waals surface area contributed by atoms with E-state index in [0.717, 1.165) is 12.8 Å². The van der Waals surface area contributed by atoms with Gasteiger partial charge in [0.1, 0.15) is 0 Å². The molecule has 0 aliphatic rings. The number of rotatable bonds is 4. The summed E-state index contributed by atoms with van der Waals surface area (Å²) < 4.78 is 0. The van der Waals surface area contributed by atoms with Crippen molar-refractivity contribution in [3.63, 3.8) is 0 Å². The van der Waals surface area contributed by atoms with Gasteiger partial charge in [-0.3, -0.25) is 5.01 Å². The standard InChI is InChI=1S/C12H20N4O/c1-3-11(4-2)16(14)12(17)15-10-7-5-9(13)6-8-10/h5-8,11H,3-4,13-14H2,1-2H3,(H,15,17). The maximum atomic E-state index is 11.8. The number of hydrogen-bond acceptors (Lipinski definition) is 3. The second kappa shape index (κ2) is 6.10. The van der Waals surface area contributed by atoms with E-state index in [9.17, 15) is 4.79 Å². The van der Waals surface area contributed by atoms with E-state index in [2.05, 4.69) is 5.32 Å². The Morgan fingerprint density at radius 3 is 2.29 bits per heavy atom. The fourth-order valence-corrected chi connectivity index (χ4v) is 1.60. The Labute approximate surface area is 102 Å². The zero-order valence-corrected chi connectivity index (χ0v) is 10.3. The third kappa shape index (κ3) is 3.64. The lowest BCUT2D eigenvalue weighted by atomic mass is 10.2. The van der Waals surface area contributed by atoms with Crippen molar-refractivity contribution < 1.29 is 4.79 Å². The zero-order chi connectivity index (χ0) is 12.8. The van der Waals surface area contributed by atoms with Crippen molar-refractivity contribution in [3.05, 3.63) is 24.3 Å². The van der Waals surface area contributed by atoms with Crippen molar-refractivity contribution in [1.29, 1.82) is 0 Å². The van der Waals surface area contributed by atoms with E-state index in [1.54, 1.807) is 24.3 Å². The van der Waals surface area contributed by atoms with E-state index in [-0.39, 0.29) is 12.1 Å². The third-order valence-corrected chi connectivity index (χ3v) is 2.73. The third-order valence-electron chi connectivity index (χ3n) is 2.73. The van der Waals surface area contributed by atoms with Crippen LogP contribution in [0.1, 0.15) is 26.7 Å². The molecule has 0 radical (unpaired) electrons. The molecule has 0 saturated carbocycles. The minimum atomic E-state index is -0.302. The Kier molecular flexibility index (Phi) is 4.78. The number of urea groups is 1. The number of nitrogens with one attached hydrogen (secondary N) is 1. The molecule has 1 aromatic carbocycles. The fourth-order valence-electron chi connectivity index (χ4n) is 1.60. The van der Waals surface area contributed by atoms with E-state index in [4.69, 9.17) is 11.6 Å². The van der Waals surface area contributed by atoms with E-state index in [1.807, 2.05) is 13.8 Å². The Morgan fingerprint density at radius 1 is 1.29 bits per heavy atom. The number of nitrogens with zero attached hydrogens (tertiary/aromatic N) is 1. The van der Waals surface area contributed by atoms with Gasteiger partial charge in [0, 0.05) is 17.4 Å². The van der Waals surface area contributed by atoms with Crippen LogP contribution in [-0.2, 0) is 0 Å². The van der Waals surface area contributed by atoms with Crippen LogP contribution in [0.5, 0.6) is 0 Å². The van der Waals surface area contributed by atoms with Gasteiger partial charge in [-0.1, -0.05) is 13.8 Å². The van der Waals surface area contributed by atoms with E-state index in [1.165, 1.54) is 5.01 Å². The second-order valence-corrected chi connectivity index (χ2v) is 3.93. The number of amides is 2. The summed E-state index contributed by atoms with van der Waals surface area (Å²) in [5, 5.41) is 3.97. The first-order chi connectivity index (χ1) is 8.08. The van der Waals surface area contributed by atoms with E-state index < -0.39 is 0 Å². The molecule has 0 bridgehead atoms. The molecule has 5 heteroatoms. The molecule has 94 valence electrons. The zero-order valence-electron chi connectivity index (χ0n) is 10.3. The lowest BCUT2D eigenvalue weighted by Crippen LogP contribution is -2.47. The Balaban J connectivity index is 2.62. The Morgan fingerprint density at radius 2 is 1.82 bits per heavy atom. The van der Waals surface area contributed by atoms with Gasteiger partial charge in [-0.05, 0) is 37.1 Å². The quantitative estimate of drug-likeness (QED) is 0.324. The number of benzene rings is 1. The summed E-state index contributed by atoms with van der Waals surface area (Å²) >= 11 is 0. The lowest BCUT2D eigenvalue weighted by molar-refractivity contribution is 0.184. The highest BCUT2D eigenvalue weighted by molar-refractivity contribution is 5.89. The van der Waals surface area contributed by atoms with Gasteiger partial charge in [0.25, 0.3) is 0 Å². The molecular weight excluding hydrogens is 216 g/mol. The molecule has 2 amide bonds. The molecule has 0 unspecified atom stereocenters. The van der Waals surface area contributed by atoms with Crippen LogP contribution >= 0.6 is 0 Å². The number of nitrogen functional groups attached to an aromatic ring is 1. The molecule has 17 heavy (non-hydrogen) atoms. The van der Waals surface area contributed by atoms with Crippen molar-refractivity contribution in [3.8, 4) is 0 Å². The summed E-state index contributed by atoms with van der Waals surface area (Å²) in [6.45, 7) is 4.01. The average Bonchev–Trinajstić information content (AvgIpc) is 2.33. The maximum absolute atomic E-state index is 11.8. The molecule has 0 aromatic heterocycles. The van der Waals surface area contributed by atoms with Crippen LogP contribution in [0.4, 0.5) is 16.2 Å². The minimum Gasteiger partial charge on any atom is -0.399 e. The number of anilines is 2. The van der Waals surface area contributed by atoms with E-state index in [0.29, 0.717) is 11.4 Å². The summed E-state index contributed by atoms with van der Waals surface area (Å²) in [6.07, 6.45) is 1.67. The SMILES string of the molecule is CCC(CC)N(N)C(=O)Nc1ccc(N)cc1. The van der Waals surface area contributed by atoms with Gasteiger partial charge in [0.15, 0.2) is 0 Å². The van der Waals surface area contributed by atoms with Gasteiger partial charge in [-0.15, -0.1) is 0 Å². The van der Waals surface area contributed by atoms with Gasteiger partial charge in [-0.2, -0.15) is 0 Å². The average molecular weight is 236 g/mol. The van der Waals surface area contributed by atoms with Crippen LogP contribution in [0.25, 0.3) is 0 Å². The number of hydrogen-bond donors (Lipinski definition) is 3. The number of carbonyl (C=O) groups is 1. The van der Waals surface area contributed by atoms with Crippen LogP contribution < -0.4 is 16.9 Å². The van der Waals surface area contributed by atoms with Crippen LogP contribution in [0.15, 0.2) is 24.3 Å². The topological polar surface area (TPSA) is 84.4 Å². The molecule has 0 fully saturated rings. The summed E-state index contributed by atoms with van der Waals surface area (Å²) in [7, 11) is 0. The predicted molar refractivity (Wildman–Crippen MR) is 70.3 cm³/mol. The molecule has 0 saturated heterocycles. The number of nitrogens with two attached hydrogens (primary N) is 2.